The third-order valence-corrected chi connectivity index (χ3v) is 3.89. The van der Waals surface area contributed by atoms with E-state index in [0.717, 1.165) is 11.3 Å². The number of likely N-dealkylation sites (N-methyl/N-ethyl adjacent to an activating group) is 1. The highest BCUT2D eigenvalue weighted by Crippen LogP contribution is 2.27. The monoisotopic (exact) mass is 266 g/mol. The molecule has 1 atom stereocenters. The first kappa shape index (κ1) is 13.2. The largest absolute Gasteiger partial charge is 0.368 e. The smallest absolute Gasteiger partial charge is 0.256 e. The molecular formula is C14H19ClN2O. The highest BCUT2D eigenvalue weighted by molar-refractivity contribution is 6.18. The van der Waals surface area contributed by atoms with E-state index >= 15 is 0 Å². The number of carbonyl (C=O) groups is 1. The van der Waals surface area contributed by atoms with Crippen LogP contribution in [0, 0.1) is 0 Å². The van der Waals surface area contributed by atoms with Crippen LogP contribution in [0.15, 0.2) is 24.3 Å². The van der Waals surface area contributed by atoms with Crippen LogP contribution in [0.5, 0.6) is 0 Å². The maximum Gasteiger partial charge on any atom is 0.256 e. The van der Waals surface area contributed by atoms with Gasteiger partial charge in [0.1, 0.15) is 0 Å². The van der Waals surface area contributed by atoms with Crippen molar-refractivity contribution in [3.05, 3.63) is 29.8 Å². The lowest BCUT2D eigenvalue weighted by atomic mass is 10.1. The van der Waals surface area contributed by atoms with E-state index in [1.807, 2.05) is 50.1 Å². The zero-order valence-electron chi connectivity index (χ0n) is 11.1. The molecule has 0 aliphatic carbocycles. The number of fused-ring (bicyclic) bond motifs is 1. The average molecular weight is 267 g/mol. The Bertz CT molecular complexity index is 447. The van der Waals surface area contributed by atoms with Crippen molar-refractivity contribution in [1.82, 2.24) is 4.90 Å². The Morgan fingerprint density at radius 3 is 2.67 bits per heavy atom. The van der Waals surface area contributed by atoms with E-state index in [0.29, 0.717) is 12.4 Å². The standard InChI is InChI=1S/C14H19ClN2O/c1-10(2)17-9-11(8-15)16(3)13-7-5-4-6-12(13)14(17)18/h4-7,10-11H,8-9H2,1-3H3. The van der Waals surface area contributed by atoms with Gasteiger partial charge in [0.15, 0.2) is 0 Å². The van der Waals surface area contributed by atoms with Crippen molar-refractivity contribution in [3.8, 4) is 0 Å². The van der Waals surface area contributed by atoms with E-state index in [1.54, 1.807) is 0 Å². The number of para-hydroxylation sites is 1. The quantitative estimate of drug-likeness (QED) is 0.769. The summed E-state index contributed by atoms with van der Waals surface area (Å²) in [5.74, 6) is 0.612. The number of halogens is 1. The van der Waals surface area contributed by atoms with Crippen LogP contribution in [-0.2, 0) is 0 Å². The minimum Gasteiger partial charge on any atom is -0.368 e. The summed E-state index contributed by atoms with van der Waals surface area (Å²) in [6.45, 7) is 4.75. The predicted molar refractivity (Wildman–Crippen MR) is 75.5 cm³/mol. The molecule has 98 valence electrons. The van der Waals surface area contributed by atoms with Crippen LogP contribution >= 0.6 is 11.6 Å². The lowest BCUT2D eigenvalue weighted by molar-refractivity contribution is 0.0706. The van der Waals surface area contributed by atoms with Gasteiger partial charge in [0.25, 0.3) is 5.91 Å². The van der Waals surface area contributed by atoms with Gasteiger partial charge in [-0.05, 0) is 26.0 Å². The number of hydrogen-bond donors (Lipinski definition) is 0. The van der Waals surface area contributed by atoms with Crippen molar-refractivity contribution < 1.29 is 4.79 Å². The molecule has 0 spiro atoms. The summed E-state index contributed by atoms with van der Waals surface area (Å²) >= 11 is 6.05. The van der Waals surface area contributed by atoms with Crippen LogP contribution in [0.1, 0.15) is 24.2 Å². The van der Waals surface area contributed by atoms with Crippen molar-refractivity contribution >= 4 is 23.2 Å². The molecule has 3 nitrogen and oxygen atoms in total. The van der Waals surface area contributed by atoms with E-state index in [9.17, 15) is 4.79 Å². The molecule has 0 saturated heterocycles. The molecule has 0 saturated carbocycles. The van der Waals surface area contributed by atoms with Crippen LogP contribution in [0.2, 0.25) is 0 Å². The molecule has 4 heteroatoms. The average Bonchev–Trinajstić information content (AvgIpc) is 2.47. The lowest BCUT2D eigenvalue weighted by Gasteiger charge is -2.31. The van der Waals surface area contributed by atoms with E-state index in [2.05, 4.69) is 4.90 Å². The van der Waals surface area contributed by atoms with Gasteiger partial charge in [0.05, 0.1) is 11.6 Å². The zero-order chi connectivity index (χ0) is 13.3. The fraction of sp³-hybridized carbons (Fsp3) is 0.500. The van der Waals surface area contributed by atoms with Crippen LogP contribution in [0.4, 0.5) is 5.69 Å². The molecule has 0 fully saturated rings. The van der Waals surface area contributed by atoms with E-state index in [1.165, 1.54) is 0 Å². The molecule has 1 aromatic rings. The molecule has 2 rings (SSSR count). The van der Waals surface area contributed by atoms with Gasteiger partial charge >= 0.3 is 0 Å². The first-order valence-corrected chi connectivity index (χ1v) is 6.78. The van der Waals surface area contributed by atoms with Gasteiger partial charge in [-0.3, -0.25) is 4.79 Å². The summed E-state index contributed by atoms with van der Waals surface area (Å²) in [6, 6.07) is 8.07. The van der Waals surface area contributed by atoms with Crippen LogP contribution in [0.3, 0.4) is 0 Å². The van der Waals surface area contributed by atoms with Gasteiger partial charge in [-0.15, -0.1) is 11.6 Å². The predicted octanol–water partition coefficient (Wildman–Crippen LogP) is 2.59. The van der Waals surface area contributed by atoms with Gasteiger partial charge in [-0.2, -0.15) is 0 Å². The lowest BCUT2D eigenvalue weighted by Crippen LogP contribution is -2.45. The summed E-state index contributed by atoms with van der Waals surface area (Å²) in [5.41, 5.74) is 1.73. The molecular weight excluding hydrogens is 248 g/mol. The van der Waals surface area contributed by atoms with Gasteiger partial charge < -0.3 is 9.80 Å². The fourth-order valence-electron chi connectivity index (χ4n) is 2.34. The van der Waals surface area contributed by atoms with Crippen LogP contribution in [-0.4, -0.2) is 42.4 Å². The molecule has 1 unspecified atom stereocenters. The molecule has 1 aliphatic heterocycles. The number of anilines is 1. The van der Waals surface area contributed by atoms with Crippen molar-refractivity contribution in [2.45, 2.75) is 25.9 Å². The highest BCUT2D eigenvalue weighted by Gasteiger charge is 2.31. The molecule has 1 amide bonds. The topological polar surface area (TPSA) is 23.6 Å². The Morgan fingerprint density at radius 1 is 1.39 bits per heavy atom. The molecule has 0 bridgehead atoms. The van der Waals surface area contributed by atoms with Crippen LogP contribution in [0.25, 0.3) is 0 Å². The third-order valence-electron chi connectivity index (χ3n) is 3.53. The summed E-state index contributed by atoms with van der Waals surface area (Å²) in [4.78, 5) is 16.6. The van der Waals surface area contributed by atoms with E-state index < -0.39 is 0 Å². The Balaban J connectivity index is 2.50. The summed E-state index contributed by atoms with van der Waals surface area (Å²) in [6.07, 6.45) is 0. The second-order valence-electron chi connectivity index (χ2n) is 4.99. The maximum atomic E-state index is 12.5. The Labute approximate surface area is 113 Å². The maximum absolute atomic E-state index is 12.5. The van der Waals surface area contributed by atoms with E-state index in [-0.39, 0.29) is 18.0 Å². The van der Waals surface area contributed by atoms with Crippen molar-refractivity contribution in [2.75, 3.05) is 24.4 Å². The molecule has 1 heterocycles. The van der Waals surface area contributed by atoms with Crippen molar-refractivity contribution in [1.29, 1.82) is 0 Å². The molecule has 0 aromatic heterocycles. The number of amides is 1. The first-order valence-electron chi connectivity index (χ1n) is 6.25. The van der Waals surface area contributed by atoms with Crippen molar-refractivity contribution in [3.63, 3.8) is 0 Å². The molecule has 0 radical (unpaired) electrons. The van der Waals surface area contributed by atoms with Gasteiger partial charge in [-0.25, -0.2) is 0 Å². The Kier molecular flexibility index (Phi) is 3.81. The molecule has 18 heavy (non-hydrogen) atoms. The molecule has 0 N–H and O–H groups in total. The van der Waals surface area contributed by atoms with E-state index in [4.69, 9.17) is 11.6 Å². The minimum atomic E-state index is 0.0973. The van der Waals surface area contributed by atoms with Gasteiger partial charge in [0, 0.05) is 31.2 Å². The van der Waals surface area contributed by atoms with Crippen molar-refractivity contribution in [2.24, 2.45) is 0 Å². The SMILES string of the molecule is CC(C)N1CC(CCl)N(C)c2ccccc2C1=O. The number of alkyl halides is 1. The zero-order valence-corrected chi connectivity index (χ0v) is 11.8. The molecule has 1 aliphatic rings. The first-order chi connectivity index (χ1) is 8.56. The molecule has 1 aromatic carbocycles. The van der Waals surface area contributed by atoms with Gasteiger partial charge in [0.2, 0.25) is 0 Å². The number of benzene rings is 1. The Morgan fingerprint density at radius 2 is 2.06 bits per heavy atom. The second-order valence-corrected chi connectivity index (χ2v) is 5.30. The summed E-state index contributed by atoms with van der Waals surface area (Å²) in [7, 11) is 2.00. The number of hydrogen-bond acceptors (Lipinski definition) is 2. The highest BCUT2D eigenvalue weighted by atomic mass is 35.5. The van der Waals surface area contributed by atoms with Crippen LogP contribution < -0.4 is 4.90 Å². The summed E-state index contributed by atoms with van der Waals surface area (Å²) < 4.78 is 0. The number of nitrogens with zero attached hydrogens (tertiary/aromatic N) is 2. The minimum absolute atomic E-state index is 0.0973. The second kappa shape index (κ2) is 5.19. The fourth-order valence-corrected chi connectivity index (χ4v) is 2.65. The number of carbonyl (C=O) groups excluding carboxylic acids is 1. The number of rotatable bonds is 2. The third kappa shape index (κ3) is 2.19. The normalized spacial score (nSPS) is 20.1. The van der Waals surface area contributed by atoms with Gasteiger partial charge in [-0.1, -0.05) is 12.1 Å². The Hall–Kier alpha value is -1.22. The summed E-state index contributed by atoms with van der Waals surface area (Å²) in [5, 5.41) is 0.